The molecule has 1 saturated heterocycles. The highest BCUT2D eigenvalue weighted by atomic mass is 19.4. The molecule has 1 aromatic carbocycles. The van der Waals surface area contributed by atoms with Crippen molar-refractivity contribution in [2.45, 2.75) is 51.2 Å². The number of benzene rings is 1. The molecular formula is C28H34F3N5O. The molecule has 0 spiro atoms. The largest absolute Gasteiger partial charge is 0.433 e. The molecule has 1 saturated carbocycles. The highest BCUT2D eigenvalue weighted by molar-refractivity contribution is 6.06. The zero-order chi connectivity index (χ0) is 26.3. The van der Waals surface area contributed by atoms with Gasteiger partial charge in [0.15, 0.2) is 0 Å². The Labute approximate surface area is 215 Å². The predicted molar refractivity (Wildman–Crippen MR) is 140 cm³/mol. The van der Waals surface area contributed by atoms with Gasteiger partial charge in [0.1, 0.15) is 11.5 Å². The molecule has 1 aliphatic carbocycles. The highest BCUT2D eigenvalue weighted by Gasteiger charge is 2.33. The molecule has 1 aliphatic heterocycles. The highest BCUT2D eigenvalue weighted by Crippen LogP contribution is 2.29. The molecule has 5 rings (SSSR count). The van der Waals surface area contributed by atoms with Gasteiger partial charge in [-0.2, -0.15) is 13.2 Å². The molecule has 3 aromatic rings. The maximum atomic E-state index is 12.6. The normalized spacial score (nSPS) is 17.2. The molecule has 0 radical (unpaired) electrons. The molecule has 1 amide bonds. The Bertz CT molecular complexity index is 1170. The standard InChI is InChI=1S/C16H18N2O.C12H16F3N3/c19-16(18-12-6-2-1-3-7-12)14-10-11-17-15-9-5-4-8-13(14)15;1-2-17-6-8-18(9-7-17)11-5-3-4-10(16-11)12(13,14)15/h4-5,8-12H,1-3,6-7H2,(H,18,19);3-5H,2,6-9H2,1H3. The number of carbonyl (C=O) groups excluding carboxylic acids is 1. The number of hydrogen-bond donors (Lipinski definition) is 1. The van der Waals surface area contributed by atoms with Crippen LogP contribution in [0.25, 0.3) is 10.9 Å². The van der Waals surface area contributed by atoms with Crippen molar-refractivity contribution in [3.8, 4) is 0 Å². The van der Waals surface area contributed by atoms with Crippen LogP contribution in [0.15, 0.2) is 54.7 Å². The second kappa shape index (κ2) is 12.4. The summed E-state index contributed by atoms with van der Waals surface area (Å²) in [5, 5.41) is 4.09. The van der Waals surface area contributed by atoms with Gasteiger partial charge in [-0.05, 0) is 43.7 Å². The van der Waals surface area contributed by atoms with Crippen LogP contribution in [0.1, 0.15) is 55.1 Å². The van der Waals surface area contributed by atoms with Gasteiger partial charge >= 0.3 is 6.18 Å². The minimum absolute atomic E-state index is 0.0329. The average molecular weight is 514 g/mol. The van der Waals surface area contributed by atoms with E-state index in [1.165, 1.54) is 25.3 Å². The number of fused-ring (bicyclic) bond motifs is 1. The zero-order valence-corrected chi connectivity index (χ0v) is 21.2. The van der Waals surface area contributed by atoms with Crippen molar-refractivity contribution in [2.75, 3.05) is 37.6 Å². The Morgan fingerprint density at radius 3 is 2.41 bits per heavy atom. The second-order valence-electron chi connectivity index (χ2n) is 9.48. The van der Waals surface area contributed by atoms with Crippen LogP contribution < -0.4 is 10.2 Å². The van der Waals surface area contributed by atoms with E-state index >= 15 is 0 Å². The first-order valence-corrected chi connectivity index (χ1v) is 13.0. The maximum absolute atomic E-state index is 12.6. The third-order valence-corrected chi connectivity index (χ3v) is 7.00. The van der Waals surface area contributed by atoms with E-state index in [4.69, 9.17) is 0 Å². The van der Waals surface area contributed by atoms with Crippen LogP contribution in [0.4, 0.5) is 19.0 Å². The van der Waals surface area contributed by atoms with Crippen LogP contribution in [0.3, 0.4) is 0 Å². The summed E-state index contributed by atoms with van der Waals surface area (Å²) in [5.41, 5.74) is 0.785. The quantitative estimate of drug-likeness (QED) is 0.497. The van der Waals surface area contributed by atoms with Gasteiger partial charge in [-0.1, -0.05) is 50.5 Å². The van der Waals surface area contributed by atoms with Crippen LogP contribution in [0.5, 0.6) is 0 Å². The Morgan fingerprint density at radius 1 is 0.973 bits per heavy atom. The number of hydrogen-bond acceptors (Lipinski definition) is 5. The lowest BCUT2D eigenvalue weighted by Gasteiger charge is -2.34. The minimum atomic E-state index is -4.37. The molecule has 9 heteroatoms. The van der Waals surface area contributed by atoms with Gasteiger partial charge in [0.2, 0.25) is 0 Å². The molecule has 2 aliphatic rings. The summed E-state index contributed by atoms with van der Waals surface area (Å²) >= 11 is 0. The van der Waals surface area contributed by atoms with Gasteiger partial charge in [0, 0.05) is 43.8 Å². The van der Waals surface area contributed by atoms with E-state index in [0.29, 0.717) is 11.9 Å². The van der Waals surface area contributed by atoms with Crippen molar-refractivity contribution >= 4 is 22.6 Å². The van der Waals surface area contributed by atoms with Crippen LogP contribution in [-0.4, -0.2) is 59.5 Å². The summed E-state index contributed by atoms with van der Waals surface area (Å²) in [5.74, 6) is 0.450. The molecule has 2 aromatic heterocycles. The monoisotopic (exact) mass is 513 g/mol. The third-order valence-electron chi connectivity index (χ3n) is 7.00. The first-order valence-electron chi connectivity index (χ1n) is 13.0. The molecule has 0 unspecified atom stereocenters. The van der Waals surface area contributed by atoms with Crippen molar-refractivity contribution in [2.24, 2.45) is 0 Å². The van der Waals surface area contributed by atoms with Crippen LogP contribution in [0.2, 0.25) is 0 Å². The summed E-state index contributed by atoms with van der Waals surface area (Å²) in [6, 6.07) is 14.0. The fraction of sp³-hybridized carbons (Fsp3) is 0.464. The van der Waals surface area contributed by atoms with Gasteiger partial charge in [-0.25, -0.2) is 4.98 Å². The van der Waals surface area contributed by atoms with Crippen molar-refractivity contribution in [3.63, 3.8) is 0 Å². The van der Waals surface area contributed by atoms with Crippen molar-refractivity contribution in [3.05, 3.63) is 66.0 Å². The molecule has 2 fully saturated rings. The first-order chi connectivity index (χ1) is 17.8. The van der Waals surface area contributed by atoms with Gasteiger partial charge in [-0.3, -0.25) is 9.78 Å². The fourth-order valence-corrected chi connectivity index (χ4v) is 4.85. The van der Waals surface area contributed by atoms with E-state index < -0.39 is 11.9 Å². The van der Waals surface area contributed by atoms with E-state index in [0.717, 1.165) is 68.1 Å². The Morgan fingerprint density at radius 2 is 1.70 bits per heavy atom. The van der Waals surface area contributed by atoms with Crippen LogP contribution >= 0.6 is 0 Å². The summed E-state index contributed by atoms with van der Waals surface area (Å²) in [4.78, 5) is 24.6. The number of amides is 1. The first kappa shape index (κ1) is 26.9. The number of alkyl halides is 3. The summed E-state index contributed by atoms with van der Waals surface area (Å²) in [7, 11) is 0. The van der Waals surface area contributed by atoms with Crippen LogP contribution in [0, 0.1) is 0 Å². The average Bonchev–Trinajstić information content (AvgIpc) is 2.93. The number of pyridine rings is 2. The Kier molecular flexibility index (Phi) is 8.97. The molecule has 0 atom stereocenters. The van der Waals surface area contributed by atoms with E-state index in [9.17, 15) is 18.0 Å². The number of rotatable bonds is 4. The lowest BCUT2D eigenvalue weighted by Crippen LogP contribution is -2.46. The van der Waals surface area contributed by atoms with Crippen molar-refractivity contribution in [1.29, 1.82) is 0 Å². The Hall–Kier alpha value is -3.20. The van der Waals surface area contributed by atoms with E-state index in [2.05, 4.69) is 27.1 Å². The van der Waals surface area contributed by atoms with Gasteiger partial charge < -0.3 is 15.1 Å². The number of anilines is 1. The molecular weight excluding hydrogens is 479 g/mol. The topological polar surface area (TPSA) is 61.4 Å². The summed E-state index contributed by atoms with van der Waals surface area (Å²) in [6.45, 7) is 6.25. The molecule has 198 valence electrons. The Balaban J connectivity index is 0.000000173. The maximum Gasteiger partial charge on any atom is 0.433 e. The number of carbonyl (C=O) groups is 1. The lowest BCUT2D eigenvalue weighted by atomic mass is 9.95. The summed E-state index contributed by atoms with van der Waals surface area (Å²) < 4.78 is 37.7. The molecule has 6 nitrogen and oxygen atoms in total. The number of nitrogens with one attached hydrogen (secondary N) is 1. The smallest absolute Gasteiger partial charge is 0.354 e. The summed E-state index contributed by atoms with van der Waals surface area (Å²) in [6.07, 6.45) is 3.29. The van der Waals surface area contributed by atoms with Crippen molar-refractivity contribution in [1.82, 2.24) is 20.2 Å². The van der Waals surface area contributed by atoms with E-state index in [1.807, 2.05) is 29.2 Å². The molecule has 3 heterocycles. The number of piperazine rings is 1. The fourth-order valence-electron chi connectivity index (χ4n) is 4.85. The predicted octanol–water partition coefficient (Wildman–Crippen LogP) is 5.54. The number of nitrogens with zero attached hydrogens (tertiary/aromatic N) is 4. The molecule has 1 N–H and O–H groups in total. The number of likely N-dealkylation sites (N-methyl/N-ethyl adjacent to an activating group) is 1. The van der Waals surface area contributed by atoms with Gasteiger partial charge in [0.05, 0.1) is 11.1 Å². The number of para-hydroxylation sites is 1. The van der Waals surface area contributed by atoms with E-state index in [1.54, 1.807) is 18.3 Å². The lowest BCUT2D eigenvalue weighted by molar-refractivity contribution is -0.141. The van der Waals surface area contributed by atoms with Crippen molar-refractivity contribution < 1.29 is 18.0 Å². The van der Waals surface area contributed by atoms with E-state index in [-0.39, 0.29) is 5.91 Å². The minimum Gasteiger partial charge on any atom is -0.354 e. The SMILES string of the molecule is CCN1CCN(c2cccc(C(F)(F)F)n2)CC1.O=C(NC1CCCCC1)c1ccnc2ccccc12. The van der Waals surface area contributed by atoms with Gasteiger partial charge in [-0.15, -0.1) is 0 Å². The number of aromatic nitrogens is 2. The zero-order valence-electron chi connectivity index (χ0n) is 21.2. The molecule has 0 bridgehead atoms. The van der Waals surface area contributed by atoms with Gasteiger partial charge in [0.25, 0.3) is 5.91 Å². The number of halogens is 3. The second-order valence-corrected chi connectivity index (χ2v) is 9.48. The molecule has 37 heavy (non-hydrogen) atoms. The third kappa shape index (κ3) is 7.19. The van der Waals surface area contributed by atoms with Crippen LogP contribution in [-0.2, 0) is 6.18 Å².